The van der Waals surface area contributed by atoms with Crippen LogP contribution in [-0.4, -0.2) is 55.3 Å². The van der Waals surface area contributed by atoms with Crippen molar-refractivity contribution in [1.82, 2.24) is 14.8 Å². The van der Waals surface area contributed by atoms with Gasteiger partial charge in [-0.05, 0) is 32.3 Å². The minimum absolute atomic E-state index is 0. The number of aryl methyl sites for hydroxylation is 1. The van der Waals surface area contributed by atoms with Crippen LogP contribution >= 0.6 is 24.0 Å². The Bertz CT molecular complexity index is 576. The quantitative estimate of drug-likeness (QED) is 0.279. The lowest BCUT2D eigenvalue weighted by molar-refractivity contribution is 0.157. The first kappa shape index (κ1) is 22.0. The number of unbranched alkanes of at least 4 members (excludes halogenated alkanes) is 1. The summed E-state index contributed by atoms with van der Waals surface area (Å²) < 4.78 is 7.02. The zero-order chi connectivity index (χ0) is 17.2. The van der Waals surface area contributed by atoms with Crippen LogP contribution in [-0.2, 0) is 11.3 Å². The van der Waals surface area contributed by atoms with Gasteiger partial charge in [0.25, 0.3) is 0 Å². The molecule has 25 heavy (non-hydrogen) atoms. The van der Waals surface area contributed by atoms with Crippen LogP contribution in [0.25, 0.3) is 0 Å². The van der Waals surface area contributed by atoms with Crippen molar-refractivity contribution in [3.8, 4) is 0 Å². The van der Waals surface area contributed by atoms with Crippen molar-refractivity contribution in [3.05, 3.63) is 34.7 Å². The monoisotopic (exact) mass is 462 g/mol. The van der Waals surface area contributed by atoms with E-state index >= 15 is 0 Å². The fraction of sp³-hybridized carbons (Fsp3) is 0.667. The van der Waals surface area contributed by atoms with Gasteiger partial charge in [0.2, 0.25) is 5.56 Å². The Labute approximate surface area is 167 Å². The number of pyridine rings is 1. The summed E-state index contributed by atoms with van der Waals surface area (Å²) in [6, 6.07) is 5.27. The number of hydrogen-bond acceptors (Lipinski definition) is 3. The second-order valence-corrected chi connectivity index (χ2v) is 6.23. The van der Waals surface area contributed by atoms with Gasteiger partial charge in [-0.1, -0.05) is 6.07 Å². The zero-order valence-electron chi connectivity index (χ0n) is 15.3. The molecule has 2 rings (SSSR count). The van der Waals surface area contributed by atoms with Crippen LogP contribution in [0.3, 0.4) is 0 Å². The SMILES string of the molecule is CCNC(=NCCCCn1ccccc1=O)N1CCC(COC)C1.I. The number of guanidine groups is 1. The summed E-state index contributed by atoms with van der Waals surface area (Å²) in [5, 5.41) is 3.38. The van der Waals surface area contributed by atoms with E-state index in [9.17, 15) is 4.79 Å². The van der Waals surface area contributed by atoms with Crippen molar-refractivity contribution in [3.63, 3.8) is 0 Å². The molecule has 0 bridgehead atoms. The molecule has 7 heteroatoms. The van der Waals surface area contributed by atoms with E-state index in [0.29, 0.717) is 5.92 Å². The lowest BCUT2D eigenvalue weighted by Crippen LogP contribution is -2.40. The number of nitrogens with zero attached hydrogens (tertiary/aromatic N) is 3. The first-order valence-electron chi connectivity index (χ1n) is 8.92. The van der Waals surface area contributed by atoms with Crippen molar-refractivity contribution in [2.24, 2.45) is 10.9 Å². The number of rotatable bonds is 8. The van der Waals surface area contributed by atoms with Gasteiger partial charge in [-0.3, -0.25) is 9.79 Å². The van der Waals surface area contributed by atoms with Crippen LogP contribution in [0, 0.1) is 5.92 Å². The van der Waals surface area contributed by atoms with Gasteiger partial charge in [-0.2, -0.15) is 0 Å². The normalized spacial score (nSPS) is 17.4. The van der Waals surface area contributed by atoms with E-state index < -0.39 is 0 Å². The highest BCUT2D eigenvalue weighted by molar-refractivity contribution is 14.0. The summed E-state index contributed by atoms with van der Waals surface area (Å²) >= 11 is 0. The van der Waals surface area contributed by atoms with E-state index in [4.69, 9.17) is 9.73 Å². The van der Waals surface area contributed by atoms with E-state index in [1.807, 2.05) is 12.3 Å². The first-order valence-corrected chi connectivity index (χ1v) is 8.92. The van der Waals surface area contributed by atoms with Gasteiger partial charge in [0.15, 0.2) is 5.96 Å². The second-order valence-electron chi connectivity index (χ2n) is 6.23. The first-order chi connectivity index (χ1) is 11.7. The molecule has 0 amide bonds. The second kappa shape index (κ2) is 12.3. The smallest absolute Gasteiger partial charge is 0.250 e. The number of methoxy groups -OCH3 is 1. The van der Waals surface area contributed by atoms with Gasteiger partial charge in [0, 0.05) is 58.0 Å². The molecule has 0 radical (unpaired) electrons. The number of likely N-dealkylation sites (tertiary alicyclic amines) is 1. The van der Waals surface area contributed by atoms with Crippen molar-refractivity contribution in [2.75, 3.05) is 39.9 Å². The molecule has 1 aliphatic heterocycles. The molecule has 1 N–H and O–H groups in total. The molecule has 1 atom stereocenters. The zero-order valence-corrected chi connectivity index (χ0v) is 17.6. The van der Waals surface area contributed by atoms with E-state index in [1.54, 1.807) is 23.8 Å². The third-order valence-electron chi connectivity index (χ3n) is 4.29. The van der Waals surface area contributed by atoms with Gasteiger partial charge in [-0.15, -0.1) is 24.0 Å². The van der Waals surface area contributed by atoms with Gasteiger partial charge < -0.3 is 19.5 Å². The summed E-state index contributed by atoms with van der Waals surface area (Å²) in [5.41, 5.74) is 0.0654. The fourth-order valence-electron chi connectivity index (χ4n) is 3.05. The van der Waals surface area contributed by atoms with Crippen LogP contribution in [0.5, 0.6) is 0 Å². The standard InChI is InChI=1S/C18H30N4O2.HI/c1-3-19-18(22-13-9-16(14-22)15-24-2)20-10-5-7-12-21-11-6-4-8-17(21)23;/h4,6,8,11,16H,3,5,7,9-10,12-15H2,1-2H3,(H,19,20);1H. The van der Waals surface area contributed by atoms with Crippen molar-refractivity contribution in [1.29, 1.82) is 0 Å². The molecule has 1 aromatic heterocycles. The highest BCUT2D eigenvalue weighted by atomic mass is 127. The molecule has 0 saturated carbocycles. The number of aromatic nitrogens is 1. The fourth-order valence-corrected chi connectivity index (χ4v) is 3.05. The lowest BCUT2D eigenvalue weighted by Gasteiger charge is -2.21. The van der Waals surface area contributed by atoms with Crippen LogP contribution in [0.2, 0.25) is 0 Å². The Morgan fingerprint density at radius 2 is 2.24 bits per heavy atom. The minimum atomic E-state index is 0. The largest absolute Gasteiger partial charge is 0.384 e. The number of hydrogen-bond donors (Lipinski definition) is 1. The van der Waals surface area contributed by atoms with E-state index in [0.717, 1.165) is 64.6 Å². The average Bonchev–Trinajstić information content (AvgIpc) is 3.04. The van der Waals surface area contributed by atoms with Crippen molar-refractivity contribution >= 4 is 29.9 Å². The van der Waals surface area contributed by atoms with E-state index in [1.165, 1.54) is 0 Å². The molecule has 0 spiro atoms. The molecule has 2 heterocycles. The third-order valence-corrected chi connectivity index (χ3v) is 4.29. The third kappa shape index (κ3) is 7.35. The van der Waals surface area contributed by atoms with Gasteiger partial charge in [0.05, 0.1) is 6.61 Å². The highest BCUT2D eigenvalue weighted by Crippen LogP contribution is 2.16. The maximum Gasteiger partial charge on any atom is 0.250 e. The minimum Gasteiger partial charge on any atom is -0.384 e. The molecular weight excluding hydrogens is 431 g/mol. The predicted octanol–water partition coefficient (Wildman–Crippen LogP) is 2.18. The molecule has 0 aromatic carbocycles. The van der Waals surface area contributed by atoms with Crippen molar-refractivity contribution < 1.29 is 4.74 Å². The molecule has 1 saturated heterocycles. The summed E-state index contributed by atoms with van der Waals surface area (Å²) in [6.07, 6.45) is 4.94. The van der Waals surface area contributed by atoms with Crippen LogP contribution in [0.4, 0.5) is 0 Å². The topological polar surface area (TPSA) is 58.9 Å². The van der Waals surface area contributed by atoms with Crippen LogP contribution < -0.4 is 10.9 Å². The molecule has 1 aromatic rings. The Morgan fingerprint density at radius 1 is 1.40 bits per heavy atom. The van der Waals surface area contributed by atoms with E-state index in [2.05, 4.69) is 17.1 Å². The molecule has 6 nitrogen and oxygen atoms in total. The summed E-state index contributed by atoms with van der Waals surface area (Å²) in [4.78, 5) is 18.7. The predicted molar refractivity (Wildman–Crippen MR) is 113 cm³/mol. The Morgan fingerprint density at radius 3 is 2.96 bits per heavy atom. The molecular formula is C18H31IN4O2. The van der Waals surface area contributed by atoms with Gasteiger partial charge in [-0.25, -0.2) is 0 Å². The molecule has 1 aliphatic rings. The molecule has 142 valence electrons. The summed E-state index contributed by atoms with van der Waals surface area (Å²) in [7, 11) is 1.76. The summed E-state index contributed by atoms with van der Waals surface area (Å²) in [6.45, 7) is 7.39. The molecule has 0 aliphatic carbocycles. The lowest BCUT2D eigenvalue weighted by atomic mass is 10.1. The Balaban J connectivity index is 0.00000312. The summed E-state index contributed by atoms with van der Waals surface area (Å²) in [5.74, 6) is 1.61. The Hall–Kier alpha value is -1.09. The maximum absolute atomic E-state index is 11.6. The Kier molecular flexibility index (Phi) is 10.8. The van der Waals surface area contributed by atoms with Crippen LogP contribution in [0.1, 0.15) is 26.2 Å². The molecule has 1 fully saturated rings. The van der Waals surface area contributed by atoms with Crippen molar-refractivity contribution in [2.45, 2.75) is 32.7 Å². The van der Waals surface area contributed by atoms with Gasteiger partial charge >= 0.3 is 0 Å². The van der Waals surface area contributed by atoms with Crippen LogP contribution in [0.15, 0.2) is 34.2 Å². The number of ether oxygens (including phenoxy) is 1. The van der Waals surface area contributed by atoms with E-state index in [-0.39, 0.29) is 29.5 Å². The average molecular weight is 462 g/mol. The number of nitrogens with one attached hydrogen (secondary N) is 1. The number of aliphatic imine (C=N–C) groups is 1. The number of halogens is 1. The maximum atomic E-state index is 11.6. The highest BCUT2D eigenvalue weighted by Gasteiger charge is 2.24. The van der Waals surface area contributed by atoms with Gasteiger partial charge in [0.1, 0.15) is 0 Å². The molecule has 1 unspecified atom stereocenters.